The molecular weight excluding hydrogens is 142 g/mol. The Morgan fingerprint density at radius 3 is 2.73 bits per heavy atom. The van der Waals surface area contributed by atoms with Gasteiger partial charge in [-0.15, -0.1) is 5.10 Å². The molecule has 5 heteroatoms. The third kappa shape index (κ3) is 1.37. The Kier molecular flexibility index (Phi) is 1.81. The Morgan fingerprint density at radius 2 is 2.09 bits per heavy atom. The number of hydrogen-bond acceptors (Lipinski definition) is 3. The first-order valence-corrected chi connectivity index (χ1v) is 3.82. The van der Waals surface area contributed by atoms with Gasteiger partial charge in [0.2, 0.25) is 0 Å². The first-order valence-electron chi connectivity index (χ1n) is 3.82. The fourth-order valence-electron chi connectivity index (χ4n) is 1.34. The van der Waals surface area contributed by atoms with E-state index in [1.165, 1.54) is 0 Å². The number of piperidine rings is 1. The molecule has 1 aromatic heterocycles. The molecule has 0 bridgehead atoms. The largest absolute Gasteiger partial charge is 0.242 e. The van der Waals surface area contributed by atoms with Crippen LogP contribution in [0.3, 0.4) is 0 Å². The summed E-state index contributed by atoms with van der Waals surface area (Å²) in [5.74, 6) is 0. The van der Waals surface area contributed by atoms with Gasteiger partial charge in [0.25, 0.3) is 0 Å². The van der Waals surface area contributed by atoms with E-state index in [-0.39, 0.29) is 0 Å². The van der Waals surface area contributed by atoms with Crippen molar-refractivity contribution in [3.8, 4) is 0 Å². The first kappa shape index (κ1) is 6.72. The second-order valence-electron chi connectivity index (χ2n) is 2.69. The van der Waals surface area contributed by atoms with Gasteiger partial charge in [0.05, 0.1) is 6.04 Å². The van der Waals surface area contributed by atoms with Crippen LogP contribution in [-0.2, 0) is 0 Å². The van der Waals surface area contributed by atoms with Gasteiger partial charge >= 0.3 is 0 Å². The summed E-state index contributed by atoms with van der Waals surface area (Å²) in [6, 6.07) is 0.475. The Balaban J connectivity index is 2.04. The van der Waals surface area contributed by atoms with Crippen molar-refractivity contribution in [2.24, 2.45) is 0 Å². The Hall–Kier alpha value is -0.970. The van der Waals surface area contributed by atoms with E-state index in [1.54, 1.807) is 6.33 Å². The van der Waals surface area contributed by atoms with E-state index in [2.05, 4.69) is 20.8 Å². The van der Waals surface area contributed by atoms with E-state index in [4.69, 9.17) is 0 Å². The van der Waals surface area contributed by atoms with Crippen molar-refractivity contribution >= 4 is 0 Å². The van der Waals surface area contributed by atoms with E-state index in [0.29, 0.717) is 6.04 Å². The van der Waals surface area contributed by atoms with Gasteiger partial charge in [-0.3, -0.25) is 0 Å². The maximum absolute atomic E-state index is 4.26. The number of aromatic nitrogens is 4. The molecule has 0 amide bonds. The number of hydrogen-bond donors (Lipinski definition) is 0. The van der Waals surface area contributed by atoms with Gasteiger partial charge in [0, 0.05) is 13.1 Å². The lowest BCUT2D eigenvalue weighted by atomic mass is 10.1. The highest BCUT2D eigenvalue weighted by Gasteiger charge is 2.15. The highest BCUT2D eigenvalue weighted by Crippen LogP contribution is 2.15. The van der Waals surface area contributed by atoms with Crippen molar-refractivity contribution in [3.63, 3.8) is 0 Å². The summed E-state index contributed by atoms with van der Waals surface area (Å²) in [6.07, 6.45) is 3.83. The second kappa shape index (κ2) is 2.96. The van der Waals surface area contributed by atoms with Crippen LogP contribution in [0.5, 0.6) is 0 Å². The summed E-state index contributed by atoms with van der Waals surface area (Å²) in [5.41, 5.74) is 0. The molecule has 1 aliphatic heterocycles. The molecule has 5 nitrogen and oxygen atoms in total. The molecule has 11 heavy (non-hydrogen) atoms. The van der Waals surface area contributed by atoms with Crippen LogP contribution in [-0.4, -0.2) is 33.3 Å². The molecule has 0 spiro atoms. The molecule has 2 rings (SSSR count). The number of rotatable bonds is 1. The molecule has 0 N–H and O–H groups in total. The third-order valence-corrected chi connectivity index (χ3v) is 1.98. The molecule has 1 saturated heterocycles. The van der Waals surface area contributed by atoms with Crippen LogP contribution in [0.1, 0.15) is 18.9 Å². The molecule has 1 aromatic rings. The van der Waals surface area contributed by atoms with E-state index in [9.17, 15) is 0 Å². The molecular formula is C6H10N5. The van der Waals surface area contributed by atoms with Crippen LogP contribution in [0.2, 0.25) is 0 Å². The van der Waals surface area contributed by atoms with E-state index in [0.717, 1.165) is 25.9 Å². The summed E-state index contributed by atoms with van der Waals surface area (Å²) >= 11 is 0. The predicted molar refractivity (Wildman–Crippen MR) is 38.0 cm³/mol. The Labute approximate surface area is 64.8 Å². The molecule has 2 heterocycles. The monoisotopic (exact) mass is 152 g/mol. The normalized spacial score (nSPS) is 20.4. The maximum atomic E-state index is 4.26. The fraction of sp³-hybridized carbons (Fsp3) is 0.833. The molecule has 0 unspecified atom stereocenters. The molecule has 1 radical (unpaired) electrons. The van der Waals surface area contributed by atoms with Gasteiger partial charge in [-0.25, -0.2) is 10.00 Å². The van der Waals surface area contributed by atoms with Gasteiger partial charge in [0.15, 0.2) is 0 Å². The Bertz CT molecular complexity index is 201. The first-order chi connectivity index (χ1) is 5.47. The minimum Gasteiger partial charge on any atom is -0.242 e. The van der Waals surface area contributed by atoms with Crippen molar-refractivity contribution < 1.29 is 0 Å². The van der Waals surface area contributed by atoms with Crippen molar-refractivity contribution in [2.45, 2.75) is 18.9 Å². The minimum absolute atomic E-state index is 0.475. The number of nitrogens with zero attached hydrogens (tertiary/aromatic N) is 5. The quantitative estimate of drug-likeness (QED) is 0.550. The van der Waals surface area contributed by atoms with Crippen molar-refractivity contribution in [1.82, 2.24) is 25.5 Å². The molecule has 0 saturated carbocycles. The van der Waals surface area contributed by atoms with Crippen LogP contribution < -0.4 is 5.32 Å². The SMILES string of the molecule is c1nnnn1C1CC[N]CC1. The molecule has 1 aliphatic rings. The molecule has 1 fully saturated rings. The van der Waals surface area contributed by atoms with Crippen LogP contribution in [0, 0.1) is 0 Å². The smallest absolute Gasteiger partial charge is 0.138 e. The highest BCUT2D eigenvalue weighted by molar-refractivity contribution is 4.72. The van der Waals surface area contributed by atoms with E-state index in [1.807, 2.05) is 4.68 Å². The van der Waals surface area contributed by atoms with Gasteiger partial charge in [-0.2, -0.15) is 0 Å². The molecule has 59 valence electrons. The Morgan fingerprint density at radius 1 is 1.27 bits per heavy atom. The molecule has 0 aromatic carbocycles. The predicted octanol–water partition coefficient (Wildman–Crippen LogP) is -0.388. The van der Waals surface area contributed by atoms with Gasteiger partial charge in [0.1, 0.15) is 6.33 Å². The summed E-state index contributed by atoms with van der Waals surface area (Å²) in [4.78, 5) is 0. The second-order valence-corrected chi connectivity index (χ2v) is 2.69. The van der Waals surface area contributed by atoms with Gasteiger partial charge in [-0.05, 0) is 23.3 Å². The summed E-state index contributed by atoms with van der Waals surface area (Å²) in [6.45, 7) is 1.90. The van der Waals surface area contributed by atoms with E-state index >= 15 is 0 Å². The van der Waals surface area contributed by atoms with Crippen LogP contribution in [0.4, 0.5) is 0 Å². The average Bonchev–Trinajstić information content (AvgIpc) is 2.58. The third-order valence-electron chi connectivity index (χ3n) is 1.98. The molecule has 0 atom stereocenters. The lowest BCUT2D eigenvalue weighted by Gasteiger charge is -2.20. The van der Waals surface area contributed by atoms with Crippen molar-refractivity contribution in [1.29, 1.82) is 0 Å². The number of tetrazole rings is 1. The van der Waals surface area contributed by atoms with Crippen LogP contribution >= 0.6 is 0 Å². The highest BCUT2D eigenvalue weighted by atomic mass is 15.5. The van der Waals surface area contributed by atoms with Crippen LogP contribution in [0.15, 0.2) is 6.33 Å². The van der Waals surface area contributed by atoms with Gasteiger partial charge in [-0.1, -0.05) is 0 Å². The topological polar surface area (TPSA) is 57.7 Å². The standard InChI is InChI=1S/C6H10N5/c1-3-7-4-2-6(1)11-5-8-9-10-11/h5-6H,1-4H2. The minimum atomic E-state index is 0.475. The zero-order chi connectivity index (χ0) is 7.52. The van der Waals surface area contributed by atoms with Crippen molar-refractivity contribution in [3.05, 3.63) is 6.33 Å². The maximum Gasteiger partial charge on any atom is 0.138 e. The lowest BCUT2D eigenvalue weighted by Crippen LogP contribution is -2.25. The summed E-state index contributed by atoms with van der Waals surface area (Å²) in [7, 11) is 0. The van der Waals surface area contributed by atoms with Gasteiger partial charge < -0.3 is 0 Å². The summed E-state index contributed by atoms with van der Waals surface area (Å²) in [5, 5.41) is 15.3. The van der Waals surface area contributed by atoms with Crippen molar-refractivity contribution in [2.75, 3.05) is 13.1 Å². The molecule has 0 aliphatic carbocycles. The summed E-state index contributed by atoms with van der Waals surface area (Å²) < 4.78 is 1.83. The van der Waals surface area contributed by atoms with E-state index < -0.39 is 0 Å². The van der Waals surface area contributed by atoms with Crippen LogP contribution in [0.25, 0.3) is 0 Å². The lowest BCUT2D eigenvalue weighted by molar-refractivity contribution is 0.334. The zero-order valence-corrected chi connectivity index (χ0v) is 6.22. The fourth-order valence-corrected chi connectivity index (χ4v) is 1.34. The average molecular weight is 152 g/mol. The zero-order valence-electron chi connectivity index (χ0n) is 6.22.